The molecule has 1 saturated carbocycles. The van der Waals surface area contributed by atoms with Crippen LogP contribution in [0.4, 0.5) is 9.59 Å². The summed E-state index contributed by atoms with van der Waals surface area (Å²) in [6.45, 7) is 4.04. The zero-order valence-electron chi connectivity index (χ0n) is 20.3. The summed E-state index contributed by atoms with van der Waals surface area (Å²) in [6.07, 6.45) is 7.95. The highest BCUT2D eigenvalue weighted by atomic mass is 16.5. The highest BCUT2D eigenvalue weighted by Crippen LogP contribution is 2.35. The second kappa shape index (κ2) is 11.1. The second-order valence-corrected chi connectivity index (χ2v) is 9.72. The molecule has 0 radical (unpaired) electrons. The van der Waals surface area contributed by atoms with E-state index in [1.54, 1.807) is 17.9 Å². The topological polar surface area (TPSA) is 134 Å². The van der Waals surface area contributed by atoms with E-state index in [0.717, 1.165) is 36.9 Å². The first-order chi connectivity index (χ1) is 16.2. The number of nitrogens with zero attached hydrogens (tertiary/aromatic N) is 4. The van der Waals surface area contributed by atoms with E-state index in [0.29, 0.717) is 30.2 Å². The van der Waals surface area contributed by atoms with Gasteiger partial charge in [0.1, 0.15) is 6.04 Å². The van der Waals surface area contributed by atoms with Crippen LogP contribution in [-0.4, -0.2) is 68.0 Å². The number of aryl methyl sites for hydroxylation is 1. The van der Waals surface area contributed by atoms with Crippen LogP contribution in [0.25, 0.3) is 0 Å². The fraction of sp³-hybridized carbons (Fsp3) is 0.696. The lowest BCUT2D eigenvalue weighted by Gasteiger charge is -2.36. The van der Waals surface area contributed by atoms with E-state index in [9.17, 15) is 24.4 Å². The molecular formula is C23H37N6O5+. The van der Waals surface area contributed by atoms with E-state index in [-0.39, 0.29) is 38.0 Å². The van der Waals surface area contributed by atoms with Gasteiger partial charge < -0.3 is 5.32 Å². The minimum Gasteiger partial charge on any atom is -0.333 e. The lowest BCUT2D eigenvalue weighted by atomic mass is 9.91. The number of likely N-dealkylation sites (tertiary alicyclic amines) is 1. The van der Waals surface area contributed by atoms with E-state index in [1.807, 2.05) is 13.8 Å². The van der Waals surface area contributed by atoms with Crippen LogP contribution in [-0.2, 0) is 23.2 Å². The van der Waals surface area contributed by atoms with Crippen molar-refractivity contribution in [1.29, 1.82) is 0 Å². The number of hydrogen-bond donors (Lipinski definition) is 3. The number of quaternary nitrogens is 1. The number of imide groups is 2. The Kier molecular flexibility index (Phi) is 8.42. The number of carbonyl (C=O) groups is 4. The Morgan fingerprint density at radius 3 is 2.56 bits per heavy atom. The Balaban J connectivity index is 1.74. The summed E-state index contributed by atoms with van der Waals surface area (Å²) in [5.74, 6) is -0.710. The smallest absolute Gasteiger partial charge is 0.333 e. The Bertz CT molecular complexity index is 912. The van der Waals surface area contributed by atoms with Gasteiger partial charge in [-0.1, -0.05) is 25.7 Å². The number of aromatic nitrogens is 2. The molecule has 6 amide bonds. The highest BCUT2D eigenvalue weighted by molar-refractivity contribution is 5.95. The Hall–Kier alpha value is -2.79. The van der Waals surface area contributed by atoms with Crippen LogP contribution in [0.5, 0.6) is 0 Å². The zero-order valence-corrected chi connectivity index (χ0v) is 20.3. The fourth-order valence-electron chi connectivity index (χ4n) is 5.44. The number of urea groups is 2. The summed E-state index contributed by atoms with van der Waals surface area (Å²) in [7, 11) is 1.80. The van der Waals surface area contributed by atoms with Gasteiger partial charge in [-0.25, -0.2) is 24.8 Å². The second-order valence-electron chi connectivity index (χ2n) is 9.72. The van der Waals surface area contributed by atoms with Crippen molar-refractivity contribution in [2.75, 3.05) is 13.1 Å². The van der Waals surface area contributed by atoms with Crippen molar-refractivity contribution in [2.24, 2.45) is 18.9 Å². The number of hydroxylamine groups is 2. The molecule has 188 valence electrons. The summed E-state index contributed by atoms with van der Waals surface area (Å²) in [5.41, 5.74) is 1.73. The molecule has 0 bridgehead atoms. The summed E-state index contributed by atoms with van der Waals surface area (Å²) in [4.78, 5) is 50.9. The molecule has 1 aromatic rings. The minimum atomic E-state index is -0.689. The van der Waals surface area contributed by atoms with Gasteiger partial charge in [0.25, 0.3) is 0 Å². The van der Waals surface area contributed by atoms with Gasteiger partial charge in [-0.05, 0) is 26.2 Å². The van der Waals surface area contributed by atoms with Crippen molar-refractivity contribution >= 4 is 24.4 Å². The van der Waals surface area contributed by atoms with Gasteiger partial charge >= 0.3 is 18.0 Å². The monoisotopic (exact) mass is 477 g/mol. The first-order valence-electron chi connectivity index (χ1n) is 12.1. The molecule has 3 atom stereocenters. The third-order valence-electron chi connectivity index (χ3n) is 7.61. The van der Waals surface area contributed by atoms with Crippen molar-refractivity contribution in [3.05, 3.63) is 17.5 Å². The van der Waals surface area contributed by atoms with E-state index in [4.69, 9.17) is 0 Å². The van der Waals surface area contributed by atoms with Crippen molar-refractivity contribution in [3.8, 4) is 0 Å². The van der Waals surface area contributed by atoms with Crippen molar-refractivity contribution in [1.82, 2.24) is 25.5 Å². The maximum absolute atomic E-state index is 13.9. The minimum absolute atomic E-state index is 0.161. The lowest BCUT2D eigenvalue weighted by Crippen LogP contribution is -2.66. The molecule has 3 N–H and O–H groups in total. The molecule has 0 spiro atoms. The number of rotatable bonds is 8. The summed E-state index contributed by atoms with van der Waals surface area (Å²) >= 11 is 0. The summed E-state index contributed by atoms with van der Waals surface area (Å²) < 4.78 is 1.20. The zero-order chi connectivity index (χ0) is 24.9. The molecular weight excluding hydrogens is 440 g/mol. The quantitative estimate of drug-likeness (QED) is 0.228. The van der Waals surface area contributed by atoms with Gasteiger partial charge in [0.2, 0.25) is 6.41 Å². The van der Waals surface area contributed by atoms with Gasteiger partial charge in [0.15, 0.2) is 0 Å². The maximum atomic E-state index is 13.9. The first-order valence-corrected chi connectivity index (χ1v) is 12.1. The van der Waals surface area contributed by atoms with Gasteiger partial charge in [-0.3, -0.25) is 14.7 Å². The van der Waals surface area contributed by atoms with Crippen LogP contribution in [0.2, 0.25) is 0 Å². The predicted molar refractivity (Wildman–Crippen MR) is 122 cm³/mol. The van der Waals surface area contributed by atoms with Gasteiger partial charge in [-0.2, -0.15) is 9.58 Å². The van der Waals surface area contributed by atoms with Crippen LogP contribution in [0.15, 0.2) is 6.20 Å². The third-order valence-corrected chi connectivity index (χ3v) is 7.61. The van der Waals surface area contributed by atoms with E-state index >= 15 is 0 Å². The van der Waals surface area contributed by atoms with Crippen molar-refractivity contribution < 1.29 is 28.9 Å². The normalized spacial score (nSPS) is 23.5. The van der Waals surface area contributed by atoms with Crippen LogP contribution in [0.1, 0.15) is 63.1 Å². The molecule has 34 heavy (non-hydrogen) atoms. The first kappa shape index (κ1) is 25.8. The van der Waals surface area contributed by atoms with Crippen molar-refractivity contribution in [2.45, 2.75) is 71.4 Å². The number of nitrogens with one attached hydrogen (secondary N) is 2. The molecule has 1 aliphatic heterocycles. The number of hydrogen-bond acceptors (Lipinski definition) is 6. The van der Waals surface area contributed by atoms with E-state index < -0.39 is 22.5 Å². The van der Waals surface area contributed by atoms with Crippen LogP contribution in [0, 0.1) is 18.8 Å². The molecule has 11 heteroatoms. The average molecular weight is 478 g/mol. The summed E-state index contributed by atoms with van der Waals surface area (Å²) in [5, 5.41) is 19.5. The Labute approximate surface area is 200 Å². The van der Waals surface area contributed by atoms with Gasteiger partial charge in [-0.15, -0.1) is 0 Å². The van der Waals surface area contributed by atoms with Gasteiger partial charge in [0.05, 0.1) is 25.2 Å². The number of carbonyl (C=O) groups excluding carboxylic acids is 4. The van der Waals surface area contributed by atoms with Crippen molar-refractivity contribution in [3.63, 3.8) is 0 Å². The molecule has 1 aliphatic carbocycles. The molecule has 2 aliphatic rings. The van der Waals surface area contributed by atoms with Crippen LogP contribution in [0.3, 0.4) is 0 Å². The predicted octanol–water partition coefficient (Wildman–Crippen LogP) is 2.22. The lowest BCUT2D eigenvalue weighted by molar-refractivity contribution is -0.786. The molecule has 1 unspecified atom stereocenters. The Morgan fingerprint density at radius 2 is 2.00 bits per heavy atom. The molecule has 0 aromatic carbocycles. The van der Waals surface area contributed by atoms with E-state index in [2.05, 4.69) is 15.7 Å². The van der Waals surface area contributed by atoms with Gasteiger partial charge in [0, 0.05) is 37.7 Å². The maximum Gasteiger partial charge on any atom is 0.432 e. The van der Waals surface area contributed by atoms with E-state index in [1.165, 1.54) is 0 Å². The summed E-state index contributed by atoms with van der Waals surface area (Å²) in [6, 6.07) is -1.65. The molecule has 2 fully saturated rings. The largest absolute Gasteiger partial charge is 0.432 e. The molecule has 3 rings (SSSR count). The van der Waals surface area contributed by atoms with Crippen LogP contribution < -0.4 is 10.6 Å². The molecule has 1 saturated heterocycles. The Morgan fingerprint density at radius 1 is 1.29 bits per heavy atom. The standard InChI is InChI=1S/C23H36N6O5/c1-16-7-6-10-29(16,21(31)19(14-28(34)15-30)11-18-8-4-5-9-18)23(33)26-22(32)24-12-20-13-25-27(3)17(20)2/h13,15-16,18-19,34H,4-12,14H2,1-3H3,(H-,24,26,32,33)/p+1/t16-,19-,29?/m1/s1. The fourth-order valence-corrected chi connectivity index (χ4v) is 5.44. The molecule has 2 heterocycles. The van der Waals surface area contributed by atoms with Crippen LogP contribution >= 0.6 is 0 Å². The molecule has 1 aromatic heterocycles. The molecule has 11 nitrogen and oxygen atoms in total. The average Bonchev–Trinajstić information content (AvgIpc) is 3.54. The third kappa shape index (κ3) is 5.47. The SMILES string of the molecule is Cc1c(CNC(=O)NC(=O)[N+]2(C(=O)[C@H](CC3CCCC3)CN(O)C=O)CCC[C@H]2C)cnn1C. The highest BCUT2D eigenvalue weighted by Gasteiger charge is 2.55. The number of amides is 6.